The first-order valence-corrected chi connectivity index (χ1v) is 7.33. The fourth-order valence-electron chi connectivity index (χ4n) is 1.14. The highest BCUT2D eigenvalue weighted by Gasteiger charge is 2.25. The first kappa shape index (κ1) is 14.7. The minimum Gasteiger partial charge on any atom is -0.287 e. The molecule has 0 heterocycles. The van der Waals surface area contributed by atoms with Crippen molar-refractivity contribution in [1.29, 1.82) is 0 Å². The van der Waals surface area contributed by atoms with E-state index in [0.717, 1.165) is 5.56 Å². The fourth-order valence-corrected chi connectivity index (χ4v) is 2.49. The molecule has 1 unspecified atom stereocenters. The summed E-state index contributed by atoms with van der Waals surface area (Å²) in [6, 6.07) is 9.40. The zero-order valence-corrected chi connectivity index (χ0v) is 11.3. The van der Waals surface area contributed by atoms with E-state index in [9.17, 15) is 4.57 Å². The van der Waals surface area contributed by atoms with Gasteiger partial charge in [-0.25, -0.2) is 4.57 Å². The van der Waals surface area contributed by atoms with Gasteiger partial charge < -0.3 is 0 Å². The maximum Gasteiger partial charge on any atom is 0.475 e. The molecule has 0 radical (unpaired) electrons. The summed E-state index contributed by atoms with van der Waals surface area (Å²) in [5, 5.41) is 0. The molecule has 1 atom stereocenters. The molecule has 17 heavy (non-hydrogen) atoms. The van der Waals surface area contributed by atoms with E-state index in [0.29, 0.717) is 0 Å². The predicted molar refractivity (Wildman–Crippen MR) is 67.1 cm³/mol. The van der Waals surface area contributed by atoms with Gasteiger partial charge in [0.2, 0.25) is 0 Å². The van der Waals surface area contributed by atoms with Crippen molar-refractivity contribution in [2.24, 2.45) is 0 Å². The van der Waals surface area contributed by atoms with Gasteiger partial charge >= 0.3 is 7.82 Å². The number of halogens is 1. The first-order valence-electron chi connectivity index (χ1n) is 5.33. The summed E-state index contributed by atoms with van der Waals surface area (Å²) in [6.07, 6.45) is 0. The third-order valence-electron chi connectivity index (χ3n) is 1.85. The van der Waals surface area contributed by atoms with E-state index >= 15 is 0 Å². The van der Waals surface area contributed by atoms with Crippen LogP contribution in [0.1, 0.15) is 12.5 Å². The molecule has 0 aliphatic carbocycles. The average Bonchev–Trinajstić information content (AvgIpc) is 2.36. The summed E-state index contributed by atoms with van der Waals surface area (Å²) >= 11 is 5.47. The number of hydrogen-bond donors (Lipinski definition) is 0. The van der Waals surface area contributed by atoms with Crippen LogP contribution < -0.4 is 0 Å². The third-order valence-corrected chi connectivity index (χ3v) is 3.52. The normalized spacial score (nSPS) is 14.5. The van der Waals surface area contributed by atoms with Crippen molar-refractivity contribution in [3.8, 4) is 0 Å². The lowest BCUT2D eigenvalue weighted by Crippen LogP contribution is -2.02. The van der Waals surface area contributed by atoms with Gasteiger partial charge in [-0.3, -0.25) is 13.6 Å². The molecule has 0 fully saturated rings. The number of hydrogen-bond acceptors (Lipinski definition) is 4. The number of alkyl halides is 1. The second-order valence-corrected chi connectivity index (χ2v) is 5.19. The Morgan fingerprint density at radius 3 is 2.47 bits per heavy atom. The Hall–Kier alpha value is -0.380. The van der Waals surface area contributed by atoms with Gasteiger partial charge in [-0.15, -0.1) is 11.6 Å². The Morgan fingerprint density at radius 2 is 1.88 bits per heavy atom. The van der Waals surface area contributed by atoms with Crippen LogP contribution in [0, 0.1) is 0 Å². The Kier molecular flexibility index (Phi) is 6.78. The Morgan fingerprint density at radius 1 is 1.18 bits per heavy atom. The highest BCUT2D eigenvalue weighted by Crippen LogP contribution is 2.49. The van der Waals surface area contributed by atoms with Crippen molar-refractivity contribution in [3.05, 3.63) is 35.9 Å². The standard InChI is InChI=1S/C11H16ClO4P/c1-2-14-17(13,15-9-8-12)16-10-11-6-4-3-5-7-11/h3-7H,2,8-10H2,1H3. The van der Waals surface area contributed by atoms with Crippen molar-refractivity contribution in [2.75, 3.05) is 19.1 Å². The molecule has 0 aliphatic rings. The molecule has 0 saturated carbocycles. The molecule has 4 nitrogen and oxygen atoms in total. The monoisotopic (exact) mass is 278 g/mol. The zero-order chi connectivity index (χ0) is 12.6. The van der Waals surface area contributed by atoms with Crippen LogP contribution in [0.4, 0.5) is 0 Å². The van der Waals surface area contributed by atoms with Crippen LogP contribution in [0.2, 0.25) is 0 Å². The molecular formula is C11H16ClO4P. The second kappa shape index (κ2) is 7.85. The van der Waals surface area contributed by atoms with E-state index in [1.54, 1.807) is 6.92 Å². The molecule has 0 aliphatic heterocycles. The van der Waals surface area contributed by atoms with Crippen LogP contribution in [0.3, 0.4) is 0 Å². The number of rotatable bonds is 8. The van der Waals surface area contributed by atoms with Crippen molar-refractivity contribution in [3.63, 3.8) is 0 Å². The lowest BCUT2D eigenvalue weighted by molar-refractivity contribution is 0.117. The Labute approximate surface area is 106 Å². The zero-order valence-electron chi connectivity index (χ0n) is 9.67. The molecule has 0 N–H and O–H groups in total. The van der Waals surface area contributed by atoms with E-state index < -0.39 is 7.82 Å². The summed E-state index contributed by atoms with van der Waals surface area (Å²) in [7, 11) is -3.49. The van der Waals surface area contributed by atoms with Gasteiger partial charge in [0.25, 0.3) is 0 Å². The van der Waals surface area contributed by atoms with E-state index in [4.69, 9.17) is 25.2 Å². The van der Waals surface area contributed by atoms with Crippen LogP contribution >= 0.6 is 19.4 Å². The lowest BCUT2D eigenvalue weighted by Gasteiger charge is -2.16. The lowest BCUT2D eigenvalue weighted by atomic mass is 10.2. The molecule has 0 spiro atoms. The van der Waals surface area contributed by atoms with Gasteiger partial charge in [-0.2, -0.15) is 0 Å². The second-order valence-electron chi connectivity index (χ2n) is 3.15. The summed E-state index contributed by atoms with van der Waals surface area (Å²) in [6.45, 7) is 2.30. The quantitative estimate of drug-likeness (QED) is 0.538. The summed E-state index contributed by atoms with van der Waals surface area (Å²) in [5.74, 6) is 0.242. The minimum atomic E-state index is -3.49. The topological polar surface area (TPSA) is 44.8 Å². The smallest absolute Gasteiger partial charge is 0.287 e. The summed E-state index contributed by atoms with van der Waals surface area (Å²) in [5.41, 5.74) is 0.905. The van der Waals surface area contributed by atoms with Gasteiger partial charge in [-0.1, -0.05) is 30.3 Å². The van der Waals surface area contributed by atoms with Crippen molar-refractivity contribution < 1.29 is 18.1 Å². The summed E-state index contributed by atoms with van der Waals surface area (Å²) in [4.78, 5) is 0. The molecule has 1 rings (SSSR count). The van der Waals surface area contributed by atoms with Gasteiger partial charge in [0.05, 0.1) is 19.8 Å². The fraction of sp³-hybridized carbons (Fsp3) is 0.455. The Bertz CT molecular complexity index is 358. The van der Waals surface area contributed by atoms with Crippen molar-refractivity contribution in [1.82, 2.24) is 0 Å². The molecule has 0 saturated heterocycles. The summed E-state index contributed by atoms with van der Waals surface area (Å²) < 4.78 is 27.3. The van der Waals surface area contributed by atoms with Crippen molar-refractivity contribution >= 4 is 19.4 Å². The SMILES string of the molecule is CCOP(=O)(OCCCl)OCc1ccccc1. The van der Waals surface area contributed by atoms with Crippen molar-refractivity contribution in [2.45, 2.75) is 13.5 Å². The van der Waals surface area contributed by atoms with Gasteiger partial charge in [0, 0.05) is 5.88 Å². The molecule has 0 bridgehead atoms. The van der Waals surface area contributed by atoms with Crippen LogP contribution in [-0.2, 0) is 24.7 Å². The molecule has 1 aromatic rings. The largest absolute Gasteiger partial charge is 0.475 e. The maximum absolute atomic E-state index is 12.0. The van der Waals surface area contributed by atoms with E-state index in [1.807, 2.05) is 30.3 Å². The van der Waals surface area contributed by atoms with E-state index in [1.165, 1.54) is 0 Å². The molecule has 0 aromatic heterocycles. The third kappa shape index (κ3) is 5.66. The highest BCUT2D eigenvalue weighted by atomic mass is 35.5. The maximum atomic E-state index is 12.0. The minimum absolute atomic E-state index is 0.133. The van der Waals surface area contributed by atoms with Crippen LogP contribution in [0.5, 0.6) is 0 Å². The number of phosphoric ester groups is 1. The van der Waals surface area contributed by atoms with E-state index in [-0.39, 0.29) is 25.7 Å². The average molecular weight is 279 g/mol. The molecule has 1 aromatic carbocycles. The molecular weight excluding hydrogens is 263 g/mol. The van der Waals surface area contributed by atoms with Gasteiger partial charge in [-0.05, 0) is 12.5 Å². The molecule has 0 amide bonds. The van der Waals surface area contributed by atoms with Crippen LogP contribution in [0.15, 0.2) is 30.3 Å². The van der Waals surface area contributed by atoms with Crippen LogP contribution in [0.25, 0.3) is 0 Å². The highest BCUT2D eigenvalue weighted by molar-refractivity contribution is 7.48. The predicted octanol–water partition coefficient (Wildman–Crippen LogP) is 3.60. The first-order chi connectivity index (χ1) is 8.20. The number of phosphoric acid groups is 1. The van der Waals surface area contributed by atoms with Gasteiger partial charge in [0.1, 0.15) is 0 Å². The Balaban J connectivity index is 2.52. The van der Waals surface area contributed by atoms with E-state index in [2.05, 4.69) is 0 Å². The number of benzene rings is 1. The molecule has 96 valence electrons. The van der Waals surface area contributed by atoms with Crippen LogP contribution in [-0.4, -0.2) is 19.1 Å². The molecule has 6 heteroatoms. The van der Waals surface area contributed by atoms with Gasteiger partial charge in [0.15, 0.2) is 0 Å².